The van der Waals surface area contributed by atoms with Gasteiger partial charge in [0.05, 0.1) is 18.1 Å². The molecule has 10 heteroatoms. The zero-order valence-electron chi connectivity index (χ0n) is 14.3. The summed E-state index contributed by atoms with van der Waals surface area (Å²) < 4.78 is 31.3. The van der Waals surface area contributed by atoms with Crippen LogP contribution in [0.25, 0.3) is 0 Å². The summed E-state index contributed by atoms with van der Waals surface area (Å²) in [5.74, 6) is -1.27. The van der Waals surface area contributed by atoms with Gasteiger partial charge in [-0.1, -0.05) is 12.1 Å². The van der Waals surface area contributed by atoms with E-state index in [0.29, 0.717) is 11.3 Å². The average Bonchev–Trinajstić information content (AvgIpc) is 3.17. The van der Waals surface area contributed by atoms with Gasteiger partial charge >= 0.3 is 5.97 Å². The highest BCUT2D eigenvalue weighted by atomic mass is 32.2. The summed E-state index contributed by atoms with van der Waals surface area (Å²) in [6, 6.07) is 11.3. The number of nitrogens with zero attached hydrogens (tertiary/aromatic N) is 1. The molecule has 2 aromatic rings. The molecule has 27 heavy (non-hydrogen) atoms. The van der Waals surface area contributed by atoms with Crippen LogP contribution in [0.5, 0.6) is 0 Å². The number of rotatable bonds is 8. The third kappa shape index (κ3) is 6.18. The van der Waals surface area contributed by atoms with Crippen LogP contribution in [0, 0.1) is 11.3 Å². The van der Waals surface area contributed by atoms with Crippen LogP contribution in [0.3, 0.4) is 0 Å². The number of carbonyl (C=O) groups is 2. The van der Waals surface area contributed by atoms with E-state index in [2.05, 4.69) is 10.0 Å². The summed E-state index contributed by atoms with van der Waals surface area (Å²) in [7, 11) is -3.65. The number of carbonyl (C=O) groups excluding carboxylic acids is 2. The molecule has 2 N–H and O–H groups in total. The number of ether oxygens (including phenoxy) is 1. The number of sulfonamides is 1. The molecule has 1 heterocycles. The number of nitrogens with one attached hydrogen (secondary N) is 2. The second-order valence-corrected chi connectivity index (χ2v) is 8.34. The first-order valence-corrected chi connectivity index (χ1v) is 10.2. The van der Waals surface area contributed by atoms with Crippen molar-refractivity contribution >= 4 is 38.9 Å². The van der Waals surface area contributed by atoms with E-state index in [1.807, 2.05) is 6.07 Å². The van der Waals surface area contributed by atoms with Gasteiger partial charge in [0.2, 0.25) is 10.0 Å². The topological polar surface area (TPSA) is 125 Å². The highest BCUT2D eigenvalue weighted by Gasteiger charge is 2.19. The van der Waals surface area contributed by atoms with Gasteiger partial charge in [-0.3, -0.25) is 9.59 Å². The zero-order chi connectivity index (χ0) is 19.9. The van der Waals surface area contributed by atoms with E-state index >= 15 is 0 Å². The molecule has 1 aromatic carbocycles. The van der Waals surface area contributed by atoms with E-state index in [0.717, 1.165) is 11.3 Å². The molecule has 0 unspecified atom stereocenters. The van der Waals surface area contributed by atoms with Gasteiger partial charge < -0.3 is 10.1 Å². The maximum atomic E-state index is 12.1. The van der Waals surface area contributed by atoms with Crippen molar-refractivity contribution in [3.63, 3.8) is 0 Å². The third-order valence-corrected chi connectivity index (χ3v) is 6.18. The molecule has 0 saturated carbocycles. The van der Waals surface area contributed by atoms with Gasteiger partial charge in [-0.2, -0.15) is 5.26 Å². The fraction of sp³-hybridized carbons (Fsp3) is 0.235. The van der Waals surface area contributed by atoms with Crippen molar-refractivity contribution in [2.45, 2.75) is 23.7 Å². The van der Waals surface area contributed by atoms with Crippen molar-refractivity contribution in [1.29, 1.82) is 5.26 Å². The molecular weight excluding hydrogens is 390 g/mol. The molecule has 0 aliphatic carbocycles. The molecule has 1 aromatic heterocycles. The van der Waals surface area contributed by atoms with Crippen LogP contribution in [-0.4, -0.2) is 32.9 Å². The van der Waals surface area contributed by atoms with Gasteiger partial charge in [0.25, 0.3) is 5.91 Å². The third-order valence-electron chi connectivity index (χ3n) is 3.32. The largest absolute Gasteiger partial charge is 0.452 e. The minimum absolute atomic E-state index is 0.141. The first-order chi connectivity index (χ1) is 12.8. The highest BCUT2D eigenvalue weighted by molar-refractivity contribution is 7.91. The fourth-order valence-electron chi connectivity index (χ4n) is 1.99. The standard InChI is InChI=1S/C17H17N3O5S2/c1-12(17(22)20-14-5-2-4-13(10-14)11-18)25-15(21)7-8-19-27(23,24)16-6-3-9-26-16/h2-6,9-10,12,19H,7-8H2,1H3,(H,20,22)/t12-/m0/s1. The number of thiophene rings is 1. The zero-order valence-corrected chi connectivity index (χ0v) is 16.0. The number of nitriles is 1. The Kier molecular flexibility index (Phi) is 7.06. The minimum Gasteiger partial charge on any atom is -0.452 e. The van der Waals surface area contributed by atoms with E-state index in [-0.39, 0.29) is 17.2 Å². The van der Waals surface area contributed by atoms with Crippen LogP contribution in [0.2, 0.25) is 0 Å². The smallest absolute Gasteiger partial charge is 0.307 e. The average molecular weight is 407 g/mol. The first kappa shape index (κ1) is 20.6. The minimum atomic E-state index is -3.65. The number of amides is 1. The molecule has 0 radical (unpaired) electrons. The lowest BCUT2D eigenvalue weighted by atomic mass is 10.2. The highest BCUT2D eigenvalue weighted by Crippen LogP contribution is 2.15. The van der Waals surface area contributed by atoms with Crippen LogP contribution >= 0.6 is 11.3 Å². The molecule has 1 amide bonds. The van der Waals surface area contributed by atoms with Gasteiger partial charge in [-0.05, 0) is 36.6 Å². The fourth-order valence-corrected chi connectivity index (χ4v) is 4.06. The molecule has 0 spiro atoms. The maximum absolute atomic E-state index is 12.1. The van der Waals surface area contributed by atoms with Gasteiger partial charge in [-0.25, -0.2) is 13.1 Å². The molecule has 2 rings (SSSR count). The molecule has 0 saturated heterocycles. The molecule has 0 bridgehead atoms. The number of benzene rings is 1. The second kappa shape index (κ2) is 9.27. The van der Waals surface area contributed by atoms with E-state index in [1.54, 1.807) is 29.6 Å². The van der Waals surface area contributed by atoms with Gasteiger partial charge in [0, 0.05) is 12.2 Å². The molecule has 0 fully saturated rings. The van der Waals surface area contributed by atoms with E-state index in [9.17, 15) is 18.0 Å². The predicted molar refractivity (Wildman–Crippen MR) is 99.5 cm³/mol. The Morgan fingerprint density at radius 3 is 2.74 bits per heavy atom. The van der Waals surface area contributed by atoms with Crippen molar-refractivity contribution in [2.75, 3.05) is 11.9 Å². The van der Waals surface area contributed by atoms with Crippen LogP contribution in [0.15, 0.2) is 46.0 Å². The molecule has 0 aliphatic rings. The van der Waals surface area contributed by atoms with E-state index in [4.69, 9.17) is 10.00 Å². The van der Waals surface area contributed by atoms with Gasteiger partial charge in [0.15, 0.2) is 6.10 Å². The lowest BCUT2D eigenvalue weighted by molar-refractivity contribution is -0.152. The van der Waals surface area contributed by atoms with Gasteiger partial charge in [0.1, 0.15) is 4.21 Å². The number of hydrogen-bond acceptors (Lipinski definition) is 7. The Bertz CT molecular complexity index is 949. The maximum Gasteiger partial charge on any atom is 0.307 e. The second-order valence-electron chi connectivity index (χ2n) is 5.39. The van der Waals surface area contributed by atoms with Crippen molar-refractivity contribution in [1.82, 2.24) is 4.72 Å². The lowest BCUT2D eigenvalue weighted by Crippen LogP contribution is -2.32. The van der Waals surface area contributed by atoms with Crippen LogP contribution < -0.4 is 10.0 Å². The summed E-state index contributed by atoms with van der Waals surface area (Å²) in [6.45, 7) is 1.26. The van der Waals surface area contributed by atoms with E-state index < -0.39 is 28.0 Å². The molecule has 8 nitrogen and oxygen atoms in total. The Morgan fingerprint density at radius 2 is 2.07 bits per heavy atom. The number of hydrogen-bond donors (Lipinski definition) is 2. The summed E-state index contributed by atoms with van der Waals surface area (Å²) in [5.41, 5.74) is 0.793. The first-order valence-electron chi connectivity index (χ1n) is 7.85. The summed E-state index contributed by atoms with van der Waals surface area (Å²) >= 11 is 1.07. The predicted octanol–water partition coefficient (Wildman–Crippen LogP) is 1.86. The molecule has 1 atom stereocenters. The number of esters is 1. The van der Waals surface area contributed by atoms with Crippen molar-refractivity contribution in [3.8, 4) is 6.07 Å². The van der Waals surface area contributed by atoms with Crippen LogP contribution in [0.4, 0.5) is 5.69 Å². The van der Waals surface area contributed by atoms with Gasteiger partial charge in [-0.15, -0.1) is 11.3 Å². The van der Waals surface area contributed by atoms with Crippen molar-refractivity contribution in [2.24, 2.45) is 0 Å². The summed E-state index contributed by atoms with van der Waals surface area (Å²) in [6.07, 6.45) is -1.29. The normalized spacial score (nSPS) is 12.0. The Balaban J connectivity index is 1.79. The van der Waals surface area contributed by atoms with E-state index in [1.165, 1.54) is 19.1 Å². The number of anilines is 1. The molecule has 0 aliphatic heterocycles. The molecular formula is C17H17N3O5S2. The van der Waals surface area contributed by atoms with Crippen molar-refractivity contribution in [3.05, 3.63) is 47.3 Å². The Morgan fingerprint density at radius 1 is 1.30 bits per heavy atom. The lowest BCUT2D eigenvalue weighted by Gasteiger charge is -2.13. The van der Waals surface area contributed by atoms with Crippen LogP contribution in [-0.2, 0) is 24.3 Å². The Labute approximate surface area is 160 Å². The quantitative estimate of drug-likeness (QED) is 0.644. The SMILES string of the molecule is C[C@H](OC(=O)CCNS(=O)(=O)c1cccs1)C(=O)Nc1cccc(C#N)c1. The summed E-state index contributed by atoms with van der Waals surface area (Å²) in [5, 5.41) is 13.0. The molecule has 142 valence electrons. The van der Waals surface area contributed by atoms with Crippen molar-refractivity contribution < 1.29 is 22.7 Å². The van der Waals surface area contributed by atoms with Crippen LogP contribution in [0.1, 0.15) is 18.9 Å². The Hall–Kier alpha value is -2.74. The monoisotopic (exact) mass is 407 g/mol. The summed E-state index contributed by atoms with van der Waals surface area (Å²) in [4.78, 5) is 23.9.